The van der Waals surface area contributed by atoms with Crippen molar-refractivity contribution >= 4 is 40.1 Å². The van der Waals surface area contributed by atoms with Gasteiger partial charge in [0.2, 0.25) is 0 Å². The number of rotatable bonds is 3. The number of fused-ring (bicyclic) bond motifs is 1. The van der Waals surface area contributed by atoms with Crippen molar-refractivity contribution in [3.63, 3.8) is 0 Å². The Kier molecular flexibility index (Phi) is 3.36. The average Bonchev–Trinajstić information content (AvgIpc) is 2.28. The molecule has 0 aliphatic rings. The van der Waals surface area contributed by atoms with Gasteiger partial charge in [0.25, 0.3) is 0 Å². The highest BCUT2D eigenvalue weighted by molar-refractivity contribution is 8.00. The molecule has 2 rings (SSSR count). The second kappa shape index (κ2) is 4.76. The second-order valence-corrected chi connectivity index (χ2v) is 4.70. The topological polar surface area (TPSA) is 37.3 Å². The average molecular weight is 253 g/mol. The Labute approximate surface area is 102 Å². The van der Waals surface area contributed by atoms with E-state index in [9.17, 15) is 4.79 Å². The number of carboxylic acids is 1. The van der Waals surface area contributed by atoms with E-state index in [1.165, 1.54) is 11.8 Å². The van der Waals surface area contributed by atoms with E-state index in [0.29, 0.717) is 5.02 Å². The fraction of sp³-hybridized carbons (Fsp3) is 0.0833. The van der Waals surface area contributed by atoms with Gasteiger partial charge in [-0.25, -0.2) is 0 Å². The lowest BCUT2D eigenvalue weighted by atomic mass is 10.1. The van der Waals surface area contributed by atoms with E-state index >= 15 is 0 Å². The first kappa shape index (κ1) is 11.3. The number of halogens is 1. The van der Waals surface area contributed by atoms with Crippen molar-refractivity contribution in [2.75, 3.05) is 5.75 Å². The Balaban J connectivity index is 2.46. The Hall–Kier alpha value is -1.19. The molecule has 0 amide bonds. The van der Waals surface area contributed by atoms with Crippen molar-refractivity contribution in [1.82, 2.24) is 0 Å². The minimum Gasteiger partial charge on any atom is -0.481 e. The normalized spacial score (nSPS) is 10.6. The Morgan fingerprint density at radius 1 is 1.19 bits per heavy atom. The predicted octanol–water partition coefficient (Wildman–Crippen LogP) is 3.67. The lowest BCUT2D eigenvalue weighted by Gasteiger charge is -2.06. The summed E-state index contributed by atoms with van der Waals surface area (Å²) < 4.78 is 0. The van der Waals surface area contributed by atoms with Gasteiger partial charge in [-0.05, 0) is 17.5 Å². The van der Waals surface area contributed by atoms with E-state index in [4.69, 9.17) is 16.7 Å². The Morgan fingerprint density at radius 2 is 1.88 bits per heavy atom. The fourth-order valence-electron chi connectivity index (χ4n) is 1.50. The van der Waals surface area contributed by atoms with Gasteiger partial charge >= 0.3 is 5.97 Å². The zero-order valence-electron chi connectivity index (χ0n) is 8.31. The van der Waals surface area contributed by atoms with E-state index in [0.717, 1.165) is 15.7 Å². The minimum atomic E-state index is -0.816. The SMILES string of the molecule is O=C(O)CSc1ccc(Cl)c2ccccc12. The summed E-state index contributed by atoms with van der Waals surface area (Å²) in [6.07, 6.45) is 0. The molecule has 0 spiro atoms. The van der Waals surface area contributed by atoms with Crippen LogP contribution < -0.4 is 0 Å². The maximum Gasteiger partial charge on any atom is 0.313 e. The van der Waals surface area contributed by atoms with Crippen molar-refractivity contribution < 1.29 is 9.90 Å². The van der Waals surface area contributed by atoms with E-state index in [1.54, 1.807) is 6.07 Å². The Morgan fingerprint density at radius 3 is 2.56 bits per heavy atom. The Bertz CT molecular complexity index is 540. The zero-order chi connectivity index (χ0) is 11.5. The smallest absolute Gasteiger partial charge is 0.313 e. The molecule has 0 fully saturated rings. The van der Waals surface area contributed by atoms with Gasteiger partial charge in [-0.1, -0.05) is 35.9 Å². The molecule has 0 aromatic heterocycles. The third-order valence-electron chi connectivity index (χ3n) is 2.18. The molecule has 2 nitrogen and oxygen atoms in total. The van der Waals surface area contributed by atoms with E-state index in [2.05, 4.69) is 0 Å². The van der Waals surface area contributed by atoms with Crippen molar-refractivity contribution in [1.29, 1.82) is 0 Å². The molecular formula is C12H9ClO2S. The first-order valence-electron chi connectivity index (χ1n) is 4.70. The minimum absolute atomic E-state index is 0.0611. The van der Waals surface area contributed by atoms with Crippen LogP contribution in [0.2, 0.25) is 5.02 Å². The number of thioether (sulfide) groups is 1. The van der Waals surface area contributed by atoms with Crippen LogP contribution in [-0.2, 0) is 4.79 Å². The van der Waals surface area contributed by atoms with Crippen LogP contribution in [-0.4, -0.2) is 16.8 Å². The summed E-state index contributed by atoms with van der Waals surface area (Å²) in [5, 5.41) is 11.3. The summed E-state index contributed by atoms with van der Waals surface area (Å²) in [7, 11) is 0. The van der Waals surface area contributed by atoms with Crippen molar-refractivity contribution in [3.8, 4) is 0 Å². The maximum atomic E-state index is 10.5. The molecule has 0 bridgehead atoms. The van der Waals surface area contributed by atoms with Gasteiger partial charge in [0.15, 0.2) is 0 Å². The van der Waals surface area contributed by atoms with Gasteiger partial charge in [0.1, 0.15) is 0 Å². The second-order valence-electron chi connectivity index (χ2n) is 3.27. The number of carbonyl (C=O) groups is 1. The lowest BCUT2D eigenvalue weighted by Crippen LogP contribution is -1.97. The van der Waals surface area contributed by atoms with Gasteiger partial charge < -0.3 is 5.11 Å². The highest BCUT2D eigenvalue weighted by Gasteiger charge is 2.06. The van der Waals surface area contributed by atoms with Crippen molar-refractivity contribution in [2.24, 2.45) is 0 Å². The molecule has 16 heavy (non-hydrogen) atoms. The first-order valence-corrected chi connectivity index (χ1v) is 6.06. The predicted molar refractivity (Wildman–Crippen MR) is 67.3 cm³/mol. The fourth-order valence-corrected chi connectivity index (χ4v) is 2.50. The number of benzene rings is 2. The highest BCUT2D eigenvalue weighted by atomic mass is 35.5. The zero-order valence-corrected chi connectivity index (χ0v) is 9.89. The lowest BCUT2D eigenvalue weighted by molar-refractivity contribution is -0.133. The van der Waals surface area contributed by atoms with Crippen LogP contribution in [0.3, 0.4) is 0 Å². The van der Waals surface area contributed by atoms with Gasteiger partial charge in [-0.3, -0.25) is 4.79 Å². The molecule has 82 valence electrons. The molecule has 1 N–H and O–H groups in total. The number of carboxylic acid groups (broad SMARTS) is 1. The van der Waals surface area contributed by atoms with Crippen LogP contribution in [0.15, 0.2) is 41.3 Å². The van der Waals surface area contributed by atoms with Gasteiger partial charge in [0, 0.05) is 15.3 Å². The third kappa shape index (κ3) is 2.31. The summed E-state index contributed by atoms with van der Waals surface area (Å²) in [6.45, 7) is 0. The van der Waals surface area contributed by atoms with Gasteiger partial charge in [-0.2, -0.15) is 0 Å². The van der Waals surface area contributed by atoms with E-state index in [1.807, 2.05) is 30.3 Å². The number of hydrogen-bond donors (Lipinski definition) is 1. The molecule has 0 radical (unpaired) electrons. The number of hydrogen-bond acceptors (Lipinski definition) is 2. The van der Waals surface area contributed by atoms with E-state index in [-0.39, 0.29) is 5.75 Å². The molecule has 2 aromatic carbocycles. The molecule has 0 saturated carbocycles. The molecule has 0 atom stereocenters. The summed E-state index contributed by atoms with van der Waals surface area (Å²) in [4.78, 5) is 11.5. The molecule has 0 heterocycles. The number of aliphatic carboxylic acids is 1. The van der Waals surface area contributed by atoms with Crippen molar-refractivity contribution in [3.05, 3.63) is 41.4 Å². The van der Waals surface area contributed by atoms with Crippen LogP contribution in [0.25, 0.3) is 10.8 Å². The summed E-state index contributed by atoms with van der Waals surface area (Å²) in [5.74, 6) is -0.755. The standard InChI is InChI=1S/C12H9ClO2S/c13-10-5-6-11(16-7-12(14)15)9-4-2-1-3-8(9)10/h1-6H,7H2,(H,14,15). The molecule has 0 unspecified atom stereocenters. The first-order chi connectivity index (χ1) is 7.68. The molecule has 0 saturated heterocycles. The maximum absolute atomic E-state index is 10.5. The summed E-state index contributed by atoms with van der Waals surface area (Å²) >= 11 is 7.37. The summed E-state index contributed by atoms with van der Waals surface area (Å²) in [5.41, 5.74) is 0. The monoisotopic (exact) mass is 252 g/mol. The molecular weight excluding hydrogens is 244 g/mol. The largest absolute Gasteiger partial charge is 0.481 e. The summed E-state index contributed by atoms with van der Waals surface area (Å²) in [6, 6.07) is 11.4. The quantitative estimate of drug-likeness (QED) is 0.847. The van der Waals surface area contributed by atoms with Crippen LogP contribution in [0, 0.1) is 0 Å². The van der Waals surface area contributed by atoms with Crippen molar-refractivity contribution in [2.45, 2.75) is 4.90 Å². The molecule has 2 aromatic rings. The molecule has 4 heteroatoms. The van der Waals surface area contributed by atoms with Crippen LogP contribution in [0.1, 0.15) is 0 Å². The van der Waals surface area contributed by atoms with Crippen LogP contribution >= 0.6 is 23.4 Å². The van der Waals surface area contributed by atoms with Crippen LogP contribution in [0.4, 0.5) is 0 Å². The molecule has 0 aliphatic carbocycles. The highest BCUT2D eigenvalue weighted by Crippen LogP contribution is 2.32. The van der Waals surface area contributed by atoms with Gasteiger partial charge in [-0.15, -0.1) is 11.8 Å². The molecule has 0 aliphatic heterocycles. The third-order valence-corrected chi connectivity index (χ3v) is 3.57. The van der Waals surface area contributed by atoms with Crippen LogP contribution in [0.5, 0.6) is 0 Å². The van der Waals surface area contributed by atoms with Gasteiger partial charge in [0.05, 0.1) is 5.75 Å². The van der Waals surface area contributed by atoms with E-state index < -0.39 is 5.97 Å².